The highest BCUT2D eigenvalue weighted by atomic mass is 16.4. The van der Waals surface area contributed by atoms with Crippen molar-refractivity contribution in [2.24, 2.45) is 5.73 Å². The summed E-state index contributed by atoms with van der Waals surface area (Å²) in [4.78, 5) is 23.8. The highest BCUT2D eigenvalue weighted by molar-refractivity contribution is 6.10. The van der Waals surface area contributed by atoms with Gasteiger partial charge in [-0.05, 0) is 43.5 Å². The third-order valence-corrected chi connectivity index (χ3v) is 3.67. The molecule has 0 amide bonds. The third-order valence-electron chi connectivity index (χ3n) is 3.67. The molecule has 20 heavy (non-hydrogen) atoms. The predicted octanol–water partition coefficient (Wildman–Crippen LogP) is 0.0379. The van der Waals surface area contributed by atoms with Crippen LogP contribution < -0.4 is 11.1 Å². The minimum Gasteiger partial charge on any atom is -0.508 e. The maximum absolute atomic E-state index is 12.4. The molecule has 1 heterocycles. The number of nitrogens with two attached hydrogens (primary N) is 1. The molecule has 2 rings (SSSR count). The van der Waals surface area contributed by atoms with Crippen LogP contribution in [-0.4, -0.2) is 40.1 Å². The van der Waals surface area contributed by atoms with Crippen molar-refractivity contribution in [3.05, 3.63) is 29.8 Å². The number of ketones is 1. The topological polar surface area (TPSA) is 113 Å². The van der Waals surface area contributed by atoms with E-state index in [1.54, 1.807) is 12.1 Å². The lowest BCUT2D eigenvalue weighted by Gasteiger charge is -2.26. The van der Waals surface area contributed by atoms with E-state index in [0.717, 1.165) is 5.56 Å². The number of benzene rings is 1. The van der Waals surface area contributed by atoms with Gasteiger partial charge in [0.05, 0.1) is 6.04 Å². The Morgan fingerprint density at radius 2 is 2.00 bits per heavy atom. The fraction of sp³-hybridized carbons (Fsp3) is 0.429. The molecule has 2 atom stereocenters. The summed E-state index contributed by atoms with van der Waals surface area (Å²) < 4.78 is 0. The normalized spacial score (nSPS) is 23.4. The molecule has 1 aliphatic rings. The Kier molecular flexibility index (Phi) is 4.06. The first-order valence-corrected chi connectivity index (χ1v) is 6.52. The minimum atomic E-state index is -1.55. The number of hydrogen-bond donors (Lipinski definition) is 4. The largest absolute Gasteiger partial charge is 0.508 e. The molecule has 0 radical (unpaired) electrons. The van der Waals surface area contributed by atoms with E-state index in [1.165, 1.54) is 12.1 Å². The number of aromatic hydroxyl groups is 1. The number of carbonyl (C=O) groups is 2. The highest BCUT2D eigenvalue weighted by Crippen LogP contribution is 2.23. The predicted molar refractivity (Wildman–Crippen MR) is 72.4 cm³/mol. The molecule has 0 bridgehead atoms. The van der Waals surface area contributed by atoms with Gasteiger partial charge in [0.1, 0.15) is 5.75 Å². The van der Waals surface area contributed by atoms with Gasteiger partial charge in [-0.15, -0.1) is 0 Å². The first-order valence-electron chi connectivity index (χ1n) is 6.52. The number of nitrogens with one attached hydrogen (secondary N) is 1. The molecule has 0 aliphatic carbocycles. The molecule has 0 aromatic heterocycles. The number of aliphatic carboxylic acids is 1. The van der Waals surface area contributed by atoms with E-state index in [4.69, 9.17) is 5.73 Å². The second-order valence-electron chi connectivity index (χ2n) is 5.08. The zero-order valence-corrected chi connectivity index (χ0v) is 11.0. The van der Waals surface area contributed by atoms with Crippen LogP contribution in [0.1, 0.15) is 18.4 Å². The van der Waals surface area contributed by atoms with Crippen molar-refractivity contribution in [2.75, 3.05) is 6.54 Å². The summed E-state index contributed by atoms with van der Waals surface area (Å²) in [6, 6.07) is 5.46. The van der Waals surface area contributed by atoms with Gasteiger partial charge < -0.3 is 15.9 Å². The second-order valence-corrected chi connectivity index (χ2v) is 5.08. The maximum Gasteiger partial charge on any atom is 0.331 e. The van der Waals surface area contributed by atoms with Gasteiger partial charge in [-0.3, -0.25) is 10.1 Å². The first kappa shape index (κ1) is 14.5. The van der Waals surface area contributed by atoms with Crippen LogP contribution in [-0.2, 0) is 16.0 Å². The van der Waals surface area contributed by atoms with Crippen LogP contribution in [0, 0.1) is 0 Å². The lowest BCUT2D eigenvalue weighted by Crippen LogP contribution is -2.60. The van der Waals surface area contributed by atoms with Crippen LogP contribution in [0.4, 0.5) is 0 Å². The molecule has 1 aliphatic heterocycles. The summed E-state index contributed by atoms with van der Waals surface area (Å²) in [5.74, 6) is -1.52. The van der Waals surface area contributed by atoms with Crippen LogP contribution in [0.15, 0.2) is 24.3 Å². The van der Waals surface area contributed by atoms with Crippen LogP contribution in [0.2, 0.25) is 0 Å². The lowest BCUT2D eigenvalue weighted by atomic mass is 9.86. The molecular formula is C14H18N2O4. The molecule has 108 valence electrons. The Labute approximate surface area is 116 Å². The summed E-state index contributed by atoms with van der Waals surface area (Å²) >= 11 is 0. The van der Waals surface area contributed by atoms with Crippen LogP contribution >= 0.6 is 0 Å². The van der Waals surface area contributed by atoms with Crippen molar-refractivity contribution in [2.45, 2.75) is 30.8 Å². The van der Waals surface area contributed by atoms with Gasteiger partial charge in [-0.25, -0.2) is 4.79 Å². The van der Waals surface area contributed by atoms with E-state index >= 15 is 0 Å². The standard InChI is InChI=1S/C14H18N2O4/c15-11(8-9-2-4-10(17)5-3-9)12(18)14(13(19)20)6-1-7-16-14/h2-5,11,16-17H,1,6-8,15H2,(H,19,20)/t11-,14+/m1/s1. The fourth-order valence-electron chi connectivity index (χ4n) is 2.54. The van der Waals surface area contributed by atoms with Gasteiger partial charge in [0, 0.05) is 0 Å². The molecule has 5 N–H and O–H groups in total. The molecule has 1 aromatic rings. The van der Waals surface area contributed by atoms with Crippen molar-refractivity contribution in [3.63, 3.8) is 0 Å². The second kappa shape index (κ2) is 5.60. The average molecular weight is 278 g/mol. The van der Waals surface area contributed by atoms with Gasteiger partial charge in [-0.1, -0.05) is 12.1 Å². The molecule has 6 heteroatoms. The summed E-state index contributed by atoms with van der Waals surface area (Å²) in [5.41, 5.74) is 5.11. The Bertz CT molecular complexity index is 506. The molecule has 1 saturated heterocycles. The minimum absolute atomic E-state index is 0.133. The molecular weight excluding hydrogens is 260 g/mol. The van der Waals surface area contributed by atoms with E-state index in [9.17, 15) is 19.8 Å². The number of carboxylic acid groups (broad SMARTS) is 1. The summed E-state index contributed by atoms with van der Waals surface area (Å²) in [6.45, 7) is 0.504. The van der Waals surface area contributed by atoms with Crippen molar-refractivity contribution in [3.8, 4) is 5.75 Å². The van der Waals surface area contributed by atoms with Crippen molar-refractivity contribution in [1.29, 1.82) is 0 Å². The summed E-state index contributed by atoms with van der Waals surface area (Å²) in [5, 5.41) is 21.3. The Balaban J connectivity index is 2.11. The summed E-state index contributed by atoms with van der Waals surface area (Å²) in [7, 11) is 0. The molecule has 0 spiro atoms. The van der Waals surface area contributed by atoms with E-state index in [-0.39, 0.29) is 18.6 Å². The number of carbonyl (C=O) groups excluding carboxylic acids is 1. The number of hydrogen-bond acceptors (Lipinski definition) is 5. The monoisotopic (exact) mass is 278 g/mol. The molecule has 0 saturated carbocycles. The zero-order valence-electron chi connectivity index (χ0n) is 11.0. The van der Waals surface area contributed by atoms with Gasteiger partial charge >= 0.3 is 5.97 Å². The number of Topliss-reactive ketones (excluding diaryl/α,β-unsaturated/α-hetero) is 1. The van der Waals surface area contributed by atoms with E-state index in [0.29, 0.717) is 13.0 Å². The quantitative estimate of drug-likeness (QED) is 0.566. The molecule has 1 aromatic carbocycles. The van der Waals surface area contributed by atoms with Crippen LogP contribution in [0.25, 0.3) is 0 Å². The van der Waals surface area contributed by atoms with E-state index in [1.807, 2.05) is 0 Å². The van der Waals surface area contributed by atoms with E-state index in [2.05, 4.69) is 5.32 Å². The van der Waals surface area contributed by atoms with Gasteiger partial charge in [-0.2, -0.15) is 0 Å². The maximum atomic E-state index is 12.4. The number of phenolic OH excluding ortho intramolecular Hbond substituents is 1. The molecule has 6 nitrogen and oxygen atoms in total. The van der Waals surface area contributed by atoms with Crippen LogP contribution in [0.3, 0.4) is 0 Å². The Hall–Kier alpha value is -1.92. The number of rotatable bonds is 5. The van der Waals surface area contributed by atoms with Gasteiger partial charge in [0.2, 0.25) is 0 Å². The SMILES string of the molecule is N[C@H](Cc1ccc(O)cc1)C(=O)[C@]1(C(=O)O)CCCN1. The van der Waals surface area contributed by atoms with Gasteiger partial charge in [0.15, 0.2) is 11.3 Å². The van der Waals surface area contributed by atoms with Crippen LogP contribution in [0.5, 0.6) is 5.75 Å². The molecule has 1 fully saturated rings. The van der Waals surface area contributed by atoms with E-state index < -0.39 is 23.3 Å². The summed E-state index contributed by atoms with van der Waals surface area (Å²) in [6.07, 6.45) is 1.16. The van der Waals surface area contributed by atoms with Gasteiger partial charge in [0.25, 0.3) is 0 Å². The van der Waals surface area contributed by atoms with Crippen molar-refractivity contribution >= 4 is 11.8 Å². The van der Waals surface area contributed by atoms with Crippen molar-refractivity contribution < 1.29 is 19.8 Å². The number of phenols is 1. The molecule has 0 unspecified atom stereocenters. The zero-order chi connectivity index (χ0) is 14.8. The van der Waals surface area contributed by atoms with Crippen molar-refractivity contribution in [1.82, 2.24) is 5.32 Å². The highest BCUT2D eigenvalue weighted by Gasteiger charge is 2.49. The average Bonchev–Trinajstić information content (AvgIpc) is 2.91. The Morgan fingerprint density at radius 1 is 1.35 bits per heavy atom. The Morgan fingerprint density at radius 3 is 2.50 bits per heavy atom. The lowest BCUT2D eigenvalue weighted by molar-refractivity contribution is -0.149. The third kappa shape index (κ3) is 2.66. The smallest absolute Gasteiger partial charge is 0.331 e. The fourth-order valence-corrected chi connectivity index (χ4v) is 2.54. The number of carboxylic acids is 1. The first-order chi connectivity index (χ1) is 9.45.